The second-order valence-electron chi connectivity index (χ2n) is 5.67. The summed E-state index contributed by atoms with van der Waals surface area (Å²) in [6.45, 7) is 7.24. The van der Waals surface area contributed by atoms with Gasteiger partial charge in [0.2, 0.25) is 0 Å². The molecule has 0 saturated carbocycles. The number of aromatic amines is 2. The minimum absolute atomic E-state index is 0.0196. The predicted molar refractivity (Wildman–Crippen MR) is 102 cm³/mol. The molecule has 2 heterocycles. The van der Waals surface area contributed by atoms with E-state index in [4.69, 9.17) is 4.74 Å². The summed E-state index contributed by atoms with van der Waals surface area (Å²) < 4.78 is 19.8. The maximum absolute atomic E-state index is 14.4. The van der Waals surface area contributed by atoms with E-state index in [1.54, 1.807) is 24.3 Å². The average Bonchev–Trinajstić information content (AvgIpc) is 3.20. The number of benzene rings is 1. The van der Waals surface area contributed by atoms with Gasteiger partial charge < -0.3 is 15.0 Å². The van der Waals surface area contributed by atoms with Gasteiger partial charge in [0.25, 0.3) is 0 Å². The van der Waals surface area contributed by atoms with Gasteiger partial charge >= 0.3 is 0 Å². The molecule has 0 fully saturated rings. The molecule has 0 aliphatic heterocycles. The smallest absolute Gasteiger partial charge is 0.179 e. The number of hydrogen-bond donors (Lipinski definition) is 3. The van der Waals surface area contributed by atoms with Crippen LogP contribution in [-0.2, 0) is 0 Å². The van der Waals surface area contributed by atoms with Crippen molar-refractivity contribution in [1.82, 2.24) is 15.2 Å². The fourth-order valence-corrected chi connectivity index (χ4v) is 2.42. The number of nitrogens with one attached hydrogen (secondary N) is 3. The number of halogens is 1. The molecular weight excluding hydrogens is 335 g/mol. The number of fused-ring (bicyclic) bond motifs is 1. The number of H-pyrrole nitrogens is 2. The second kappa shape index (κ2) is 7.64. The Morgan fingerprint density at radius 3 is 2.92 bits per heavy atom. The van der Waals surface area contributed by atoms with E-state index in [0.717, 1.165) is 16.9 Å². The van der Waals surface area contributed by atoms with Crippen molar-refractivity contribution < 1.29 is 9.13 Å². The molecule has 0 unspecified atom stereocenters. The molecule has 0 bridgehead atoms. The van der Waals surface area contributed by atoms with E-state index >= 15 is 0 Å². The Morgan fingerprint density at radius 2 is 2.19 bits per heavy atom. The molecule has 1 aromatic carbocycles. The summed E-state index contributed by atoms with van der Waals surface area (Å²) in [5.41, 5.74) is 2.55. The Morgan fingerprint density at radius 1 is 1.35 bits per heavy atom. The molecule has 0 aliphatic rings. The van der Waals surface area contributed by atoms with Gasteiger partial charge in [-0.25, -0.2) is 9.38 Å². The molecule has 2 aromatic heterocycles. The van der Waals surface area contributed by atoms with Crippen LogP contribution in [0.15, 0.2) is 46.1 Å². The standard InChI is InChI=1S/C18H19FN6O/c1-11-8-13-14(22-11)4-5-15(18(13)19)26-10-21-7-6-16(20-3)23-17-9-12(2)24-25-17/h4-9,22H,3,10H2,1-2H3,(H2,23,24,25)/b16-6+,21-7-. The third-order valence-electron chi connectivity index (χ3n) is 3.60. The monoisotopic (exact) mass is 354 g/mol. The quantitative estimate of drug-likeness (QED) is 0.565. The van der Waals surface area contributed by atoms with Gasteiger partial charge in [0.1, 0.15) is 5.82 Å². The second-order valence-corrected chi connectivity index (χ2v) is 5.67. The van der Waals surface area contributed by atoms with Gasteiger partial charge in [-0.3, -0.25) is 10.1 Å². The van der Waals surface area contributed by atoms with Crippen molar-refractivity contribution >= 4 is 29.7 Å². The lowest BCUT2D eigenvalue weighted by molar-refractivity contribution is 0.316. The SMILES string of the molecule is C=N/C(=C\C=N/COc1ccc2[nH]c(C)cc2c1F)Nc1cc(C)[nH]n1. The van der Waals surface area contributed by atoms with Crippen LogP contribution in [-0.4, -0.2) is 34.8 Å². The molecule has 0 spiro atoms. The predicted octanol–water partition coefficient (Wildman–Crippen LogP) is 3.71. The van der Waals surface area contributed by atoms with Crippen LogP contribution in [0.25, 0.3) is 10.9 Å². The number of rotatable bonds is 7. The number of aryl methyl sites for hydroxylation is 2. The maximum atomic E-state index is 14.4. The van der Waals surface area contributed by atoms with Crippen LogP contribution in [0.1, 0.15) is 11.4 Å². The summed E-state index contributed by atoms with van der Waals surface area (Å²) in [7, 11) is 0. The van der Waals surface area contributed by atoms with Gasteiger partial charge in [-0.2, -0.15) is 5.10 Å². The number of ether oxygens (including phenoxy) is 1. The van der Waals surface area contributed by atoms with Crippen molar-refractivity contribution in [2.75, 3.05) is 12.0 Å². The van der Waals surface area contributed by atoms with Crippen molar-refractivity contribution in [1.29, 1.82) is 0 Å². The van der Waals surface area contributed by atoms with Crippen LogP contribution in [0.4, 0.5) is 10.2 Å². The summed E-state index contributed by atoms with van der Waals surface area (Å²) >= 11 is 0. The molecule has 3 N–H and O–H groups in total. The minimum atomic E-state index is -0.401. The molecule has 0 radical (unpaired) electrons. The molecule has 0 aliphatic carbocycles. The van der Waals surface area contributed by atoms with Gasteiger partial charge in [0, 0.05) is 34.6 Å². The van der Waals surface area contributed by atoms with Gasteiger partial charge in [-0.05, 0) is 44.8 Å². The molecule has 7 nitrogen and oxygen atoms in total. The zero-order valence-electron chi connectivity index (χ0n) is 14.5. The van der Waals surface area contributed by atoms with Gasteiger partial charge in [-0.15, -0.1) is 0 Å². The van der Waals surface area contributed by atoms with E-state index in [1.165, 1.54) is 6.21 Å². The van der Waals surface area contributed by atoms with Crippen LogP contribution < -0.4 is 10.1 Å². The summed E-state index contributed by atoms with van der Waals surface area (Å²) in [5, 5.41) is 10.3. The Hall–Kier alpha value is -3.42. The molecule has 134 valence electrons. The largest absolute Gasteiger partial charge is 0.468 e. The topological polar surface area (TPSA) is 90.5 Å². The number of nitrogens with zero attached hydrogens (tertiary/aromatic N) is 3. The first-order valence-electron chi connectivity index (χ1n) is 7.93. The van der Waals surface area contributed by atoms with Gasteiger partial charge in [0.15, 0.2) is 24.1 Å². The maximum Gasteiger partial charge on any atom is 0.179 e. The number of anilines is 1. The Balaban J connectivity index is 1.59. The lowest BCUT2D eigenvalue weighted by Crippen LogP contribution is -1.99. The summed E-state index contributed by atoms with van der Waals surface area (Å²) in [6, 6.07) is 6.94. The van der Waals surface area contributed by atoms with Crippen molar-refractivity contribution in [3.8, 4) is 5.75 Å². The fourth-order valence-electron chi connectivity index (χ4n) is 2.42. The van der Waals surface area contributed by atoms with Crippen molar-refractivity contribution in [2.45, 2.75) is 13.8 Å². The summed E-state index contributed by atoms with van der Waals surface area (Å²) in [5.74, 6) is 0.866. The lowest BCUT2D eigenvalue weighted by Gasteiger charge is -2.04. The third kappa shape index (κ3) is 3.97. The Labute approximate surface area is 149 Å². The van der Waals surface area contributed by atoms with E-state index in [1.807, 2.05) is 19.9 Å². The highest BCUT2D eigenvalue weighted by molar-refractivity contribution is 5.82. The molecule has 3 aromatic rings. The van der Waals surface area contributed by atoms with E-state index in [0.29, 0.717) is 17.0 Å². The van der Waals surface area contributed by atoms with Crippen LogP contribution >= 0.6 is 0 Å². The lowest BCUT2D eigenvalue weighted by atomic mass is 10.2. The van der Waals surface area contributed by atoms with Crippen molar-refractivity contribution in [3.05, 3.63) is 53.4 Å². The Kier molecular flexibility index (Phi) is 5.12. The molecule has 3 rings (SSSR count). The number of hydrogen-bond acceptors (Lipinski definition) is 5. The highest BCUT2D eigenvalue weighted by Gasteiger charge is 2.09. The average molecular weight is 354 g/mol. The number of allylic oxidation sites excluding steroid dienone is 1. The highest BCUT2D eigenvalue weighted by Crippen LogP contribution is 2.26. The highest BCUT2D eigenvalue weighted by atomic mass is 19.1. The zero-order valence-corrected chi connectivity index (χ0v) is 14.5. The van der Waals surface area contributed by atoms with Crippen LogP contribution in [0, 0.1) is 19.7 Å². The van der Waals surface area contributed by atoms with Gasteiger partial charge in [0.05, 0.1) is 0 Å². The fraction of sp³-hybridized carbons (Fsp3) is 0.167. The number of aromatic nitrogens is 3. The van der Waals surface area contributed by atoms with Crippen LogP contribution in [0.3, 0.4) is 0 Å². The molecular formula is C18H19FN6O. The van der Waals surface area contributed by atoms with E-state index < -0.39 is 5.82 Å². The van der Waals surface area contributed by atoms with E-state index in [9.17, 15) is 4.39 Å². The van der Waals surface area contributed by atoms with Crippen LogP contribution in [0.5, 0.6) is 5.75 Å². The van der Waals surface area contributed by atoms with Crippen molar-refractivity contribution in [2.24, 2.45) is 9.98 Å². The normalized spacial score (nSPS) is 12.0. The van der Waals surface area contributed by atoms with E-state index in [2.05, 4.69) is 37.2 Å². The molecule has 26 heavy (non-hydrogen) atoms. The summed E-state index contributed by atoms with van der Waals surface area (Å²) in [6.07, 6.45) is 3.13. The van der Waals surface area contributed by atoms with Gasteiger partial charge in [-0.1, -0.05) is 0 Å². The first-order valence-corrected chi connectivity index (χ1v) is 7.93. The molecule has 0 amide bonds. The number of aliphatic imine (C=N–C) groups is 2. The molecule has 0 saturated heterocycles. The minimum Gasteiger partial charge on any atom is -0.468 e. The third-order valence-corrected chi connectivity index (χ3v) is 3.60. The van der Waals surface area contributed by atoms with Crippen molar-refractivity contribution in [3.63, 3.8) is 0 Å². The first-order chi connectivity index (χ1) is 12.6. The first kappa shape index (κ1) is 17.4. The Bertz CT molecular complexity index is 985. The summed E-state index contributed by atoms with van der Waals surface area (Å²) in [4.78, 5) is 11.0. The molecule has 0 atom stereocenters. The van der Waals surface area contributed by atoms with Crippen LogP contribution in [0.2, 0.25) is 0 Å². The van der Waals surface area contributed by atoms with E-state index in [-0.39, 0.29) is 12.5 Å². The molecule has 8 heteroatoms. The zero-order chi connectivity index (χ0) is 18.5.